The summed E-state index contributed by atoms with van der Waals surface area (Å²) < 4.78 is 0. The van der Waals surface area contributed by atoms with Crippen LogP contribution in [0.2, 0.25) is 0 Å². The van der Waals surface area contributed by atoms with E-state index in [9.17, 15) is 4.79 Å². The van der Waals surface area contributed by atoms with Gasteiger partial charge in [-0.15, -0.1) is 0 Å². The highest BCUT2D eigenvalue weighted by atomic mass is 16.1. The molecular formula is C17H26N2O. The summed E-state index contributed by atoms with van der Waals surface area (Å²) >= 11 is 0. The van der Waals surface area contributed by atoms with Crippen LogP contribution in [0.5, 0.6) is 0 Å². The van der Waals surface area contributed by atoms with Crippen molar-refractivity contribution in [3.8, 4) is 0 Å². The molecule has 0 aliphatic heterocycles. The summed E-state index contributed by atoms with van der Waals surface area (Å²) in [6.07, 6.45) is 3.78. The van der Waals surface area contributed by atoms with Gasteiger partial charge in [-0.05, 0) is 52.9 Å². The van der Waals surface area contributed by atoms with E-state index in [0.29, 0.717) is 6.54 Å². The van der Waals surface area contributed by atoms with Gasteiger partial charge >= 0.3 is 0 Å². The number of ketones is 1. The minimum Gasteiger partial charge on any atom is -0.302 e. The van der Waals surface area contributed by atoms with Gasteiger partial charge in [-0.25, -0.2) is 0 Å². The van der Waals surface area contributed by atoms with Gasteiger partial charge in [-0.1, -0.05) is 24.3 Å². The predicted molar refractivity (Wildman–Crippen MR) is 83.3 cm³/mol. The van der Waals surface area contributed by atoms with Crippen molar-refractivity contribution in [2.75, 3.05) is 34.2 Å². The van der Waals surface area contributed by atoms with Gasteiger partial charge in [0.15, 0.2) is 5.78 Å². The van der Waals surface area contributed by atoms with Crippen LogP contribution in [0, 0.1) is 6.92 Å². The molecule has 20 heavy (non-hydrogen) atoms. The molecule has 1 aliphatic rings. The molecular weight excluding hydrogens is 248 g/mol. The Balaban J connectivity index is 1.96. The van der Waals surface area contributed by atoms with Gasteiger partial charge in [0.2, 0.25) is 0 Å². The smallest absolute Gasteiger partial charge is 0.177 e. The van der Waals surface area contributed by atoms with Gasteiger partial charge in [0.05, 0.1) is 6.54 Å². The molecule has 1 aromatic rings. The van der Waals surface area contributed by atoms with E-state index >= 15 is 0 Å². The second-order valence-electron chi connectivity index (χ2n) is 6.38. The molecule has 0 amide bonds. The first kappa shape index (κ1) is 15.2. The Morgan fingerprint density at radius 1 is 1.20 bits per heavy atom. The van der Waals surface area contributed by atoms with Crippen LogP contribution < -0.4 is 0 Å². The Morgan fingerprint density at radius 3 is 2.35 bits per heavy atom. The molecule has 0 atom stereocenters. The summed E-state index contributed by atoms with van der Waals surface area (Å²) in [7, 11) is 6.35. The van der Waals surface area contributed by atoms with E-state index in [1.807, 2.05) is 31.2 Å². The molecule has 1 saturated carbocycles. The lowest BCUT2D eigenvalue weighted by atomic mass is 9.75. The molecule has 0 unspecified atom stereocenters. The fourth-order valence-corrected chi connectivity index (χ4v) is 3.11. The molecule has 110 valence electrons. The van der Waals surface area contributed by atoms with E-state index in [4.69, 9.17) is 0 Å². The summed E-state index contributed by atoms with van der Waals surface area (Å²) in [5, 5.41) is 0. The average Bonchev–Trinajstić information content (AvgIpc) is 2.33. The summed E-state index contributed by atoms with van der Waals surface area (Å²) in [5.74, 6) is 0.221. The number of hydrogen-bond donors (Lipinski definition) is 0. The topological polar surface area (TPSA) is 23.6 Å². The Labute approximate surface area is 122 Å². The number of nitrogens with zero attached hydrogens (tertiary/aromatic N) is 2. The third-order valence-corrected chi connectivity index (χ3v) is 4.66. The van der Waals surface area contributed by atoms with E-state index in [1.54, 1.807) is 0 Å². The number of rotatable bonds is 6. The first-order chi connectivity index (χ1) is 9.44. The van der Waals surface area contributed by atoms with Gasteiger partial charge in [-0.2, -0.15) is 0 Å². The Kier molecular flexibility index (Phi) is 4.61. The average molecular weight is 274 g/mol. The summed E-state index contributed by atoms with van der Waals surface area (Å²) in [6, 6.07) is 7.84. The summed E-state index contributed by atoms with van der Waals surface area (Å²) in [4.78, 5) is 16.9. The zero-order valence-electron chi connectivity index (χ0n) is 13.1. The first-order valence-electron chi connectivity index (χ1n) is 7.39. The second-order valence-corrected chi connectivity index (χ2v) is 6.38. The number of hydrogen-bond acceptors (Lipinski definition) is 3. The molecule has 0 aromatic heterocycles. The lowest BCUT2D eigenvalue weighted by molar-refractivity contribution is 0.0280. The van der Waals surface area contributed by atoms with E-state index < -0.39 is 0 Å². The lowest BCUT2D eigenvalue weighted by Crippen LogP contribution is -2.57. The number of benzene rings is 1. The molecule has 1 aliphatic carbocycles. The summed E-state index contributed by atoms with van der Waals surface area (Å²) in [5.41, 5.74) is 2.20. The maximum atomic E-state index is 12.4. The van der Waals surface area contributed by atoms with Crippen molar-refractivity contribution >= 4 is 5.78 Å². The molecule has 0 bridgehead atoms. The van der Waals surface area contributed by atoms with Crippen LogP contribution >= 0.6 is 0 Å². The standard InChI is InChI=1S/C17H26N2O/c1-14-8-5-6-9-15(14)16(20)12-19(4)13-17(18(2)3)10-7-11-17/h5-6,8-9H,7,10-13H2,1-4H3. The molecule has 0 radical (unpaired) electrons. The lowest BCUT2D eigenvalue weighted by Gasteiger charge is -2.49. The van der Waals surface area contributed by atoms with E-state index in [1.165, 1.54) is 19.3 Å². The molecule has 0 spiro atoms. The van der Waals surface area contributed by atoms with Crippen LogP contribution in [-0.4, -0.2) is 55.4 Å². The zero-order valence-corrected chi connectivity index (χ0v) is 13.1. The normalized spacial score (nSPS) is 17.3. The van der Waals surface area contributed by atoms with Crippen LogP contribution in [-0.2, 0) is 0 Å². The van der Waals surface area contributed by atoms with Gasteiger partial charge in [0.25, 0.3) is 0 Å². The van der Waals surface area contributed by atoms with Gasteiger partial charge in [-0.3, -0.25) is 9.69 Å². The molecule has 3 nitrogen and oxygen atoms in total. The van der Waals surface area contributed by atoms with Crippen LogP contribution in [0.4, 0.5) is 0 Å². The Morgan fingerprint density at radius 2 is 1.85 bits per heavy atom. The monoisotopic (exact) mass is 274 g/mol. The molecule has 0 heterocycles. The van der Waals surface area contributed by atoms with Crippen molar-refractivity contribution in [1.29, 1.82) is 0 Å². The Hall–Kier alpha value is -1.19. The number of carbonyl (C=O) groups excluding carboxylic acids is 1. The first-order valence-corrected chi connectivity index (χ1v) is 7.39. The van der Waals surface area contributed by atoms with Crippen LogP contribution in [0.15, 0.2) is 24.3 Å². The minimum absolute atomic E-state index is 0.221. The Bertz CT molecular complexity index is 478. The minimum atomic E-state index is 0.221. The predicted octanol–water partition coefficient (Wildman–Crippen LogP) is 2.59. The van der Waals surface area contributed by atoms with Crippen molar-refractivity contribution in [1.82, 2.24) is 9.80 Å². The number of aryl methyl sites for hydroxylation is 1. The van der Waals surface area contributed by atoms with Gasteiger partial charge < -0.3 is 4.90 Å². The summed E-state index contributed by atoms with van der Waals surface area (Å²) in [6.45, 7) is 3.47. The molecule has 2 rings (SSSR count). The number of likely N-dealkylation sites (N-methyl/N-ethyl adjacent to an activating group) is 2. The molecule has 0 N–H and O–H groups in total. The highest BCUT2D eigenvalue weighted by molar-refractivity contribution is 5.98. The van der Waals surface area contributed by atoms with Crippen LogP contribution in [0.25, 0.3) is 0 Å². The van der Waals surface area contributed by atoms with E-state index in [-0.39, 0.29) is 11.3 Å². The number of Topliss-reactive ketones (excluding diaryl/α,β-unsaturated/α-hetero) is 1. The van der Waals surface area contributed by atoms with Crippen LogP contribution in [0.1, 0.15) is 35.2 Å². The third-order valence-electron chi connectivity index (χ3n) is 4.66. The quantitative estimate of drug-likeness (QED) is 0.745. The fraction of sp³-hybridized carbons (Fsp3) is 0.588. The van der Waals surface area contributed by atoms with Crippen molar-refractivity contribution in [3.05, 3.63) is 35.4 Å². The van der Waals surface area contributed by atoms with E-state index in [0.717, 1.165) is 17.7 Å². The van der Waals surface area contributed by atoms with Gasteiger partial charge in [0.1, 0.15) is 0 Å². The highest BCUT2D eigenvalue weighted by Crippen LogP contribution is 2.36. The van der Waals surface area contributed by atoms with Crippen molar-refractivity contribution in [3.63, 3.8) is 0 Å². The molecule has 3 heteroatoms. The van der Waals surface area contributed by atoms with Crippen molar-refractivity contribution < 1.29 is 4.79 Å². The number of carbonyl (C=O) groups is 1. The molecule has 1 aromatic carbocycles. The highest BCUT2D eigenvalue weighted by Gasteiger charge is 2.39. The molecule has 0 saturated heterocycles. The van der Waals surface area contributed by atoms with Crippen molar-refractivity contribution in [2.45, 2.75) is 31.7 Å². The maximum Gasteiger partial charge on any atom is 0.177 e. The largest absolute Gasteiger partial charge is 0.302 e. The molecule has 1 fully saturated rings. The second kappa shape index (κ2) is 6.06. The van der Waals surface area contributed by atoms with Crippen LogP contribution in [0.3, 0.4) is 0 Å². The van der Waals surface area contributed by atoms with Crippen molar-refractivity contribution in [2.24, 2.45) is 0 Å². The van der Waals surface area contributed by atoms with E-state index in [2.05, 4.69) is 30.9 Å². The third kappa shape index (κ3) is 3.10. The van der Waals surface area contributed by atoms with Gasteiger partial charge in [0, 0.05) is 17.6 Å². The zero-order chi connectivity index (χ0) is 14.8. The SMILES string of the molecule is Cc1ccccc1C(=O)CN(C)CC1(N(C)C)CCC1. The fourth-order valence-electron chi connectivity index (χ4n) is 3.11. The maximum absolute atomic E-state index is 12.4.